The summed E-state index contributed by atoms with van der Waals surface area (Å²) in [5, 5.41) is 0. The first-order valence-electron chi connectivity index (χ1n) is 5.49. The van der Waals surface area contributed by atoms with Crippen LogP contribution in [0.3, 0.4) is 0 Å². The van der Waals surface area contributed by atoms with Crippen molar-refractivity contribution in [1.29, 1.82) is 0 Å². The molecule has 4 nitrogen and oxygen atoms in total. The SMILES string of the molecule is CCCCOC(=O)CS(=O)(=O)c1ccccc1. The number of carbonyl (C=O) groups is 1. The smallest absolute Gasteiger partial charge is 0.321 e. The van der Waals surface area contributed by atoms with E-state index in [1.54, 1.807) is 18.2 Å². The normalized spacial score (nSPS) is 11.1. The summed E-state index contributed by atoms with van der Waals surface area (Å²) in [6, 6.07) is 7.90. The number of hydrogen-bond donors (Lipinski definition) is 0. The van der Waals surface area contributed by atoms with Crippen LogP contribution in [0.5, 0.6) is 0 Å². The van der Waals surface area contributed by atoms with Crippen molar-refractivity contribution >= 4 is 15.8 Å². The van der Waals surface area contributed by atoms with Gasteiger partial charge in [0.05, 0.1) is 11.5 Å². The fourth-order valence-electron chi connectivity index (χ4n) is 1.24. The fourth-order valence-corrected chi connectivity index (χ4v) is 2.37. The van der Waals surface area contributed by atoms with Gasteiger partial charge in [-0.15, -0.1) is 0 Å². The minimum atomic E-state index is -3.57. The van der Waals surface area contributed by atoms with Crippen LogP contribution in [0.4, 0.5) is 0 Å². The second-order valence-corrected chi connectivity index (χ2v) is 5.64. The van der Waals surface area contributed by atoms with Crippen molar-refractivity contribution in [3.05, 3.63) is 30.3 Å². The van der Waals surface area contributed by atoms with E-state index in [-0.39, 0.29) is 11.5 Å². The highest BCUT2D eigenvalue weighted by molar-refractivity contribution is 7.92. The summed E-state index contributed by atoms with van der Waals surface area (Å²) in [5.41, 5.74) is 0. The molecule has 0 atom stereocenters. The Labute approximate surface area is 102 Å². The van der Waals surface area contributed by atoms with Gasteiger partial charge in [-0.05, 0) is 18.6 Å². The van der Waals surface area contributed by atoms with Gasteiger partial charge >= 0.3 is 5.97 Å². The second-order valence-electron chi connectivity index (χ2n) is 3.65. The quantitative estimate of drug-likeness (QED) is 0.575. The maximum atomic E-state index is 11.8. The zero-order valence-corrected chi connectivity index (χ0v) is 10.6. The monoisotopic (exact) mass is 256 g/mol. The molecule has 1 aromatic carbocycles. The minimum Gasteiger partial charge on any atom is -0.465 e. The lowest BCUT2D eigenvalue weighted by Gasteiger charge is -2.05. The van der Waals surface area contributed by atoms with Crippen molar-refractivity contribution in [3.8, 4) is 0 Å². The van der Waals surface area contributed by atoms with Crippen LogP contribution < -0.4 is 0 Å². The topological polar surface area (TPSA) is 60.4 Å². The van der Waals surface area contributed by atoms with E-state index in [1.165, 1.54) is 12.1 Å². The maximum absolute atomic E-state index is 11.8. The van der Waals surface area contributed by atoms with E-state index < -0.39 is 21.6 Å². The van der Waals surface area contributed by atoms with Crippen LogP contribution in [-0.4, -0.2) is 26.7 Å². The van der Waals surface area contributed by atoms with Gasteiger partial charge in [-0.25, -0.2) is 8.42 Å². The molecule has 0 amide bonds. The Morgan fingerprint density at radius 1 is 1.24 bits per heavy atom. The average Bonchev–Trinajstić information content (AvgIpc) is 2.30. The average molecular weight is 256 g/mol. The molecule has 0 bridgehead atoms. The van der Waals surface area contributed by atoms with Gasteiger partial charge < -0.3 is 4.74 Å². The zero-order valence-electron chi connectivity index (χ0n) is 9.76. The van der Waals surface area contributed by atoms with Crippen LogP contribution >= 0.6 is 0 Å². The summed E-state index contributed by atoms with van der Waals surface area (Å²) in [5.74, 6) is -1.29. The summed E-state index contributed by atoms with van der Waals surface area (Å²) >= 11 is 0. The van der Waals surface area contributed by atoms with Crippen LogP contribution in [0.15, 0.2) is 35.2 Å². The number of esters is 1. The molecule has 5 heteroatoms. The van der Waals surface area contributed by atoms with Crippen molar-refractivity contribution in [2.24, 2.45) is 0 Å². The van der Waals surface area contributed by atoms with Crippen molar-refractivity contribution in [3.63, 3.8) is 0 Å². The van der Waals surface area contributed by atoms with E-state index in [4.69, 9.17) is 4.74 Å². The largest absolute Gasteiger partial charge is 0.465 e. The first-order chi connectivity index (χ1) is 8.06. The number of rotatable bonds is 6. The van der Waals surface area contributed by atoms with Crippen LogP contribution in [-0.2, 0) is 19.4 Å². The van der Waals surface area contributed by atoms with Crippen LogP contribution in [0.25, 0.3) is 0 Å². The molecule has 0 saturated heterocycles. The molecule has 0 N–H and O–H groups in total. The molecule has 0 fully saturated rings. The highest BCUT2D eigenvalue weighted by atomic mass is 32.2. The number of unbranched alkanes of at least 4 members (excludes halogenated alkanes) is 1. The van der Waals surface area contributed by atoms with Gasteiger partial charge in [0.25, 0.3) is 0 Å². The summed E-state index contributed by atoms with van der Waals surface area (Å²) in [6.45, 7) is 2.24. The van der Waals surface area contributed by atoms with Gasteiger partial charge in [0.2, 0.25) is 0 Å². The number of hydrogen-bond acceptors (Lipinski definition) is 4. The third-order valence-electron chi connectivity index (χ3n) is 2.17. The molecule has 1 rings (SSSR count). The molecule has 0 heterocycles. The second kappa shape index (κ2) is 6.39. The number of sulfone groups is 1. The van der Waals surface area contributed by atoms with Gasteiger partial charge in [-0.1, -0.05) is 31.5 Å². The maximum Gasteiger partial charge on any atom is 0.321 e. The van der Waals surface area contributed by atoms with Crippen LogP contribution in [0, 0.1) is 0 Å². The summed E-state index contributed by atoms with van der Waals surface area (Å²) in [7, 11) is -3.57. The Kier molecular flexibility index (Phi) is 5.15. The van der Waals surface area contributed by atoms with E-state index in [1.807, 2.05) is 6.92 Å². The van der Waals surface area contributed by atoms with Crippen molar-refractivity contribution in [1.82, 2.24) is 0 Å². The highest BCUT2D eigenvalue weighted by Crippen LogP contribution is 2.10. The van der Waals surface area contributed by atoms with Crippen molar-refractivity contribution in [2.45, 2.75) is 24.7 Å². The van der Waals surface area contributed by atoms with E-state index in [2.05, 4.69) is 0 Å². The van der Waals surface area contributed by atoms with Gasteiger partial charge in [0.1, 0.15) is 0 Å². The first kappa shape index (κ1) is 13.7. The molecule has 0 saturated carbocycles. The third kappa shape index (κ3) is 4.56. The van der Waals surface area contributed by atoms with Gasteiger partial charge in [-0.2, -0.15) is 0 Å². The molecule has 0 unspecified atom stereocenters. The molecule has 0 aliphatic rings. The van der Waals surface area contributed by atoms with Crippen molar-refractivity contribution in [2.75, 3.05) is 12.4 Å². The molecular formula is C12H16O4S. The Hall–Kier alpha value is -1.36. The van der Waals surface area contributed by atoms with Crippen LogP contribution in [0.1, 0.15) is 19.8 Å². The van der Waals surface area contributed by atoms with Gasteiger partial charge in [-0.3, -0.25) is 4.79 Å². The Morgan fingerprint density at radius 3 is 2.47 bits per heavy atom. The van der Waals surface area contributed by atoms with Gasteiger partial charge in [0, 0.05) is 0 Å². The number of benzene rings is 1. The first-order valence-corrected chi connectivity index (χ1v) is 7.15. The molecular weight excluding hydrogens is 240 g/mol. The predicted octanol–water partition coefficient (Wildman–Crippen LogP) is 1.80. The molecule has 0 radical (unpaired) electrons. The molecule has 1 aromatic rings. The van der Waals surface area contributed by atoms with Crippen molar-refractivity contribution < 1.29 is 17.9 Å². The molecule has 17 heavy (non-hydrogen) atoms. The minimum absolute atomic E-state index is 0.146. The molecule has 0 aliphatic carbocycles. The molecule has 0 aromatic heterocycles. The number of carbonyl (C=O) groups excluding carboxylic acids is 1. The van der Waals surface area contributed by atoms with E-state index in [0.29, 0.717) is 0 Å². The highest BCUT2D eigenvalue weighted by Gasteiger charge is 2.19. The van der Waals surface area contributed by atoms with Gasteiger partial charge in [0.15, 0.2) is 15.6 Å². The Morgan fingerprint density at radius 2 is 1.88 bits per heavy atom. The lowest BCUT2D eigenvalue weighted by molar-refractivity contribution is -0.140. The summed E-state index contributed by atoms with van der Waals surface area (Å²) in [6.07, 6.45) is 1.65. The summed E-state index contributed by atoms with van der Waals surface area (Å²) < 4.78 is 28.4. The number of ether oxygens (including phenoxy) is 1. The summed E-state index contributed by atoms with van der Waals surface area (Å²) in [4.78, 5) is 11.5. The van der Waals surface area contributed by atoms with E-state index in [0.717, 1.165) is 12.8 Å². The predicted molar refractivity (Wildman–Crippen MR) is 64.4 cm³/mol. The zero-order chi connectivity index (χ0) is 12.7. The molecule has 0 aliphatic heterocycles. The lowest BCUT2D eigenvalue weighted by atomic mass is 10.4. The molecule has 94 valence electrons. The van der Waals surface area contributed by atoms with E-state index >= 15 is 0 Å². The molecule has 0 spiro atoms. The Bertz CT molecular complexity index is 451. The van der Waals surface area contributed by atoms with E-state index in [9.17, 15) is 13.2 Å². The van der Waals surface area contributed by atoms with Crippen LogP contribution in [0.2, 0.25) is 0 Å². The standard InChI is InChI=1S/C12H16O4S/c1-2-3-9-16-12(13)10-17(14,15)11-7-5-4-6-8-11/h4-8H,2-3,9-10H2,1H3. The lowest BCUT2D eigenvalue weighted by Crippen LogP contribution is -2.19. The fraction of sp³-hybridized carbons (Fsp3) is 0.417. The Balaban J connectivity index is 2.59. The third-order valence-corrected chi connectivity index (χ3v) is 3.78.